The van der Waals surface area contributed by atoms with Crippen LogP contribution in [0.25, 0.3) is 0 Å². The summed E-state index contributed by atoms with van der Waals surface area (Å²) in [7, 11) is 0. The molecular formula is C45H58F4O3. The van der Waals surface area contributed by atoms with Gasteiger partial charge >= 0.3 is 0 Å². The summed E-state index contributed by atoms with van der Waals surface area (Å²) in [6.07, 6.45) is 21.3. The first-order chi connectivity index (χ1) is 25.3. The van der Waals surface area contributed by atoms with E-state index < -0.39 is 23.3 Å². The van der Waals surface area contributed by atoms with Gasteiger partial charge in [0.05, 0.1) is 24.3 Å². The summed E-state index contributed by atoms with van der Waals surface area (Å²) in [4.78, 5) is 12.4. The molecule has 0 spiro atoms. The number of benzene rings is 2. The second-order valence-electron chi connectivity index (χ2n) is 14.8. The van der Waals surface area contributed by atoms with Gasteiger partial charge < -0.3 is 9.47 Å². The molecule has 2 fully saturated rings. The standard InChI is InChI=1S/C45H58F4O3/c1-3-51-40-31-29-37(42(46)44(40)48)27-25-35-21-17-33(18-22-35)13-9-5-7-11-15-39(50)16-12-8-6-10-14-34-19-23-36(24-20-34)26-28-38-30-32-41(52-4-2)45(49)43(38)47/h29-36H,3-24H2,1-2H3. The quantitative estimate of drug-likeness (QED) is 0.0873. The van der Waals surface area contributed by atoms with Crippen LogP contribution in [0.5, 0.6) is 11.5 Å². The van der Waals surface area contributed by atoms with Gasteiger partial charge in [-0.25, -0.2) is 8.78 Å². The van der Waals surface area contributed by atoms with E-state index in [1.54, 1.807) is 13.8 Å². The Kier molecular flexibility index (Phi) is 17.9. The summed E-state index contributed by atoms with van der Waals surface area (Å²) in [6, 6.07) is 5.88. The van der Waals surface area contributed by atoms with Crippen molar-refractivity contribution in [1.29, 1.82) is 0 Å². The Morgan fingerprint density at radius 2 is 0.942 bits per heavy atom. The molecule has 0 heterocycles. The number of ether oxygens (including phenoxy) is 2. The predicted molar refractivity (Wildman–Crippen MR) is 200 cm³/mol. The minimum Gasteiger partial charge on any atom is -0.491 e. The highest BCUT2D eigenvalue weighted by Gasteiger charge is 2.21. The molecule has 0 bridgehead atoms. The molecule has 0 aliphatic heterocycles. The van der Waals surface area contributed by atoms with Crippen LogP contribution in [-0.4, -0.2) is 19.0 Å². The maximum atomic E-state index is 14.3. The highest BCUT2D eigenvalue weighted by Crippen LogP contribution is 2.33. The highest BCUT2D eigenvalue weighted by molar-refractivity contribution is 5.78. The zero-order valence-corrected chi connectivity index (χ0v) is 31.4. The lowest BCUT2D eigenvalue weighted by Crippen LogP contribution is -2.13. The summed E-state index contributed by atoms with van der Waals surface area (Å²) in [5, 5.41) is 0. The van der Waals surface area contributed by atoms with Crippen LogP contribution in [0.1, 0.15) is 153 Å². The zero-order chi connectivity index (χ0) is 37.1. The molecule has 4 rings (SSSR count). The molecule has 0 amide bonds. The third-order valence-electron chi connectivity index (χ3n) is 10.8. The minimum atomic E-state index is -0.969. The summed E-state index contributed by atoms with van der Waals surface area (Å²) >= 11 is 0. The van der Waals surface area contributed by atoms with Gasteiger partial charge in [0.2, 0.25) is 11.6 Å². The van der Waals surface area contributed by atoms with Crippen LogP contribution in [0.2, 0.25) is 0 Å². The molecule has 2 saturated carbocycles. The minimum absolute atomic E-state index is 0.0735. The van der Waals surface area contributed by atoms with E-state index in [0.29, 0.717) is 30.5 Å². The van der Waals surface area contributed by atoms with E-state index in [0.717, 1.165) is 77.0 Å². The lowest BCUT2D eigenvalue weighted by Gasteiger charge is -2.25. The average Bonchev–Trinajstić information content (AvgIpc) is 3.15. The number of carbonyl (C=O) groups is 1. The monoisotopic (exact) mass is 722 g/mol. The van der Waals surface area contributed by atoms with Crippen LogP contribution in [0.15, 0.2) is 24.3 Å². The van der Waals surface area contributed by atoms with Crippen molar-refractivity contribution in [1.82, 2.24) is 0 Å². The number of hydrogen-bond acceptors (Lipinski definition) is 3. The molecule has 0 atom stereocenters. The van der Waals surface area contributed by atoms with Gasteiger partial charge in [0, 0.05) is 24.7 Å². The molecule has 0 N–H and O–H groups in total. The number of unbranched alkanes of at least 4 members (excludes halogenated alkanes) is 6. The van der Waals surface area contributed by atoms with E-state index in [-0.39, 0.29) is 47.7 Å². The van der Waals surface area contributed by atoms with E-state index in [9.17, 15) is 22.4 Å². The Morgan fingerprint density at radius 1 is 0.558 bits per heavy atom. The molecule has 52 heavy (non-hydrogen) atoms. The van der Waals surface area contributed by atoms with Crippen molar-refractivity contribution >= 4 is 5.78 Å². The van der Waals surface area contributed by atoms with E-state index in [2.05, 4.69) is 23.7 Å². The Morgan fingerprint density at radius 3 is 1.33 bits per heavy atom. The van der Waals surface area contributed by atoms with E-state index in [4.69, 9.17) is 9.47 Å². The van der Waals surface area contributed by atoms with Crippen LogP contribution in [0.3, 0.4) is 0 Å². The second kappa shape index (κ2) is 22.6. The molecule has 2 aromatic carbocycles. The molecule has 0 aromatic heterocycles. The number of rotatable bonds is 18. The van der Waals surface area contributed by atoms with E-state index >= 15 is 0 Å². The largest absolute Gasteiger partial charge is 0.491 e. The fourth-order valence-corrected chi connectivity index (χ4v) is 7.68. The Balaban J connectivity index is 0.961. The van der Waals surface area contributed by atoms with Crippen LogP contribution >= 0.6 is 0 Å². The van der Waals surface area contributed by atoms with Crippen molar-refractivity contribution in [2.24, 2.45) is 23.7 Å². The van der Waals surface area contributed by atoms with Crippen LogP contribution in [-0.2, 0) is 4.79 Å². The summed E-state index contributed by atoms with van der Waals surface area (Å²) in [5.41, 5.74) is 0.185. The van der Waals surface area contributed by atoms with Gasteiger partial charge in [0.15, 0.2) is 23.1 Å². The van der Waals surface area contributed by atoms with Gasteiger partial charge in [-0.15, -0.1) is 0 Å². The first-order valence-electron chi connectivity index (χ1n) is 20.0. The van der Waals surface area contributed by atoms with Crippen LogP contribution < -0.4 is 9.47 Å². The maximum absolute atomic E-state index is 14.3. The number of halogens is 4. The topological polar surface area (TPSA) is 35.5 Å². The van der Waals surface area contributed by atoms with Crippen molar-refractivity contribution in [3.8, 4) is 35.2 Å². The van der Waals surface area contributed by atoms with Gasteiger partial charge in [-0.3, -0.25) is 4.79 Å². The second-order valence-corrected chi connectivity index (χ2v) is 14.8. The third-order valence-corrected chi connectivity index (χ3v) is 10.8. The Bertz CT molecular complexity index is 1420. The van der Waals surface area contributed by atoms with Crippen molar-refractivity contribution in [2.45, 2.75) is 142 Å². The van der Waals surface area contributed by atoms with Crippen LogP contribution in [0.4, 0.5) is 17.6 Å². The lowest BCUT2D eigenvalue weighted by molar-refractivity contribution is -0.119. The van der Waals surface area contributed by atoms with E-state index in [1.807, 2.05) is 0 Å². The first kappa shape index (κ1) is 41.3. The molecule has 0 saturated heterocycles. The first-order valence-corrected chi connectivity index (χ1v) is 20.0. The number of carbonyl (C=O) groups excluding carboxylic acids is 1. The fourth-order valence-electron chi connectivity index (χ4n) is 7.68. The lowest BCUT2D eigenvalue weighted by atomic mass is 9.80. The molecule has 7 heteroatoms. The Hall–Kier alpha value is -3.45. The van der Waals surface area contributed by atoms with Crippen LogP contribution in [0, 0.1) is 70.6 Å². The normalized spacial score (nSPS) is 20.0. The van der Waals surface area contributed by atoms with Crippen molar-refractivity contribution in [3.63, 3.8) is 0 Å². The Labute approximate surface area is 310 Å². The summed E-state index contributed by atoms with van der Waals surface area (Å²) in [6.45, 7) is 4.02. The van der Waals surface area contributed by atoms with Gasteiger partial charge in [0.1, 0.15) is 5.78 Å². The van der Waals surface area contributed by atoms with Crippen molar-refractivity contribution < 1.29 is 31.8 Å². The molecule has 2 aliphatic carbocycles. The van der Waals surface area contributed by atoms with Gasteiger partial charge in [-0.2, -0.15) is 8.78 Å². The molecular weight excluding hydrogens is 664 g/mol. The van der Waals surface area contributed by atoms with Gasteiger partial charge in [0.25, 0.3) is 0 Å². The predicted octanol–water partition coefficient (Wildman–Crippen LogP) is 12.3. The van der Waals surface area contributed by atoms with E-state index in [1.165, 1.54) is 62.8 Å². The third kappa shape index (κ3) is 13.5. The molecule has 284 valence electrons. The fraction of sp³-hybridized carbons (Fsp3) is 0.622. The number of hydrogen-bond donors (Lipinski definition) is 0. The van der Waals surface area contributed by atoms with Crippen molar-refractivity contribution in [3.05, 3.63) is 58.7 Å². The molecule has 2 aliphatic rings. The molecule has 0 radical (unpaired) electrons. The summed E-state index contributed by atoms with van der Waals surface area (Å²) < 4.78 is 67.1. The smallest absolute Gasteiger partial charge is 0.201 e. The zero-order valence-electron chi connectivity index (χ0n) is 31.4. The SMILES string of the molecule is CCOc1ccc(C#CC2CCC(CCCCCCC(=O)CCCCCCC3CCC(C#Cc4ccc(OCC)c(F)c4F)CC3)CC2)c(F)c1F. The molecule has 0 unspecified atom stereocenters. The molecule has 3 nitrogen and oxygen atoms in total. The highest BCUT2D eigenvalue weighted by atomic mass is 19.2. The maximum Gasteiger partial charge on any atom is 0.201 e. The average molecular weight is 723 g/mol. The molecule has 2 aromatic rings. The number of ketones is 1. The van der Waals surface area contributed by atoms with Gasteiger partial charge in [-0.05, 0) is 114 Å². The van der Waals surface area contributed by atoms with Gasteiger partial charge in [-0.1, -0.05) is 75.0 Å². The van der Waals surface area contributed by atoms with Crippen molar-refractivity contribution in [2.75, 3.05) is 13.2 Å². The number of Topliss-reactive ketones (excluding diaryl/α,β-unsaturated/α-hetero) is 1. The summed E-state index contributed by atoms with van der Waals surface area (Å²) in [5.74, 6) is 10.4.